The fourth-order valence-corrected chi connectivity index (χ4v) is 1.45. The molecule has 0 aliphatic rings. The number of rotatable bonds is 10. The third-order valence-corrected chi connectivity index (χ3v) is 2.53. The third kappa shape index (κ3) is 9.81. The number of aliphatic carboxylic acids is 1. The second-order valence-corrected chi connectivity index (χ2v) is 4.16. The summed E-state index contributed by atoms with van der Waals surface area (Å²) in [5.41, 5.74) is 0. The van der Waals surface area contributed by atoms with Crippen LogP contribution in [0.25, 0.3) is 0 Å². The number of carboxylic acids is 1. The summed E-state index contributed by atoms with van der Waals surface area (Å²) in [6.07, 6.45) is 4.60. The topological polar surface area (TPSA) is 86.6 Å². The Morgan fingerprint density at radius 2 is 1.82 bits per heavy atom. The van der Waals surface area contributed by atoms with Crippen molar-refractivity contribution in [3.8, 4) is 0 Å². The van der Waals surface area contributed by atoms with E-state index in [1.807, 2.05) is 0 Å². The van der Waals surface area contributed by atoms with Crippen molar-refractivity contribution in [3.05, 3.63) is 0 Å². The van der Waals surface area contributed by atoms with Crippen LogP contribution in [-0.2, 0) is 9.59 Å². The average Bonchev–Trinajstić information content (AvgIpc) is 2.28. The first-order valence-corrected chi connectivity index (χ1v) is 6.25. The minimum atomic E-state index is -1.39. The van der Waals surface area contributed by atoms with Crippen LogP contribution in [0.3, 0.4) is 0 Å². The minimum Gasteiger partial charge on any atom is -0.479 e. The zero-order chi connectivity index (χ0) is 13.1. The Bertz CT molecular complexity index is 231. The maximum absolute atomic E-state index is 11.3. The molecule has 0 bridgehead atoms. The zero-order valence-electron chi connectivity index (χ0n) is 10.4. The summed E-state index contributed by atoms with van der Waals surface area (Å²) in [5, 5.41) is 20.0. The van der Waals surface area contributed by atoms with Crippen LogP contribution in [0, 0.1) is 0 Å². The van der Waals surface area contributed by atoms with Gasteiger partial charge in [0.25, 0.3) is 0 Å². The summed E-state index contributed by atoms with van der Waals surface area (Å²) in [4.78, 5) is 21.6. The summed E-state index contributed by atoms with van der Waals surface area (Å²) in [6, 6.07) is 0. The molecule has 0 aliphatic carbocycles. The molecule has 0 saturated carbocycles. The second-order valence-electron chi connectivity index (χ2n) is 4.16. The first-order valence-electron chi connectivity index (χ1n) is 6.25. The van der Waals surface area contributed by atoms with E-state index in [0.717, 1.165) is 19.3 Å². The van der Waals surface area contributed by atoms with Crippen LogP contribution < -0.4 is 5.32 Å². The van der Waals surface area contributed by atoms with Gasteiger partial charge in [-0.3, -0.25) is 4.79 Å². The van der Waals surface area contributed by atoms with Crippen LogP contribution in [0.1, 0.15) is 51.9 Å². The van der Waals surface area contributed by atoms with Crippen molar-refractivity contribution in [1.82, 2.24) is 5.32 Å². The molecule has 0 aromatic rings. The van der Waals surface area contributed by atoms with Crippen molar-refractivity contribution in [2.75, 3.05) is 6.54 Å². The molecular formula is C12H23NO4. The van der Waals surface area contributed by atoms with Crippen LogP contribution in [0.2, 0.25) is 0 Å². The lowest BCUT2D eigenvalue weighted by atomic mass is 10.1. The Balaban J connectivity index is 3.38. The molecule has 1 unspecified atom stereocenters. The molecule has 3 N–H and O–H groups in total. The number of carboxylic acid groups (broad SMARTS) is 1. The lowest BCUT2D eigenvalue weighted by molar-refractivity contribution is -0.147. The number of unbranched alkanes of at least 4 members (excludes halogenated alkanes) is 4. The molecule has 1 atom stereocenters. The molecule has 17 heavy (non-hydrogen) atoms. The number of carbonyl (C=O) groups excluding carboxylic acids is 1. The molecule has 0 aliphatic heterocycles. The highest BCUT2D eigenvalue weighted by Gasteiger charge is 2.12. The van der Waals surface area contributed by atoms with E-state index < -0.39 is 12.1 Å². The highest BCUT2D eigenvalue weighted by atomic mass is 16.4. The third-order valence-electron chi connectivity index (χ3n) is 2.53. The Kier molecular flexibility index (Phi) is 9.43. The quantitative estimate of drug-likeness (QED) is 0.506. The zero-order valence-corrected chi connectivity index (χ0v) is 10.4. The lowest BCUT2D eigenvalue weighted by Crippen LogP contribution is -2.29. The molecule has 0 aromatic carbocycles. The summed E-state index contributed by atoms with van der Waals surface area (Å²) >= 11 is 0. The van der Waals surface area contributed by atoms with Crippen LogP contribution >= 0.6 is 0 Å². The van der Waals surface area contributed by atoms with Gasteiger partial charge in [0, 0.05) is 19.4 Å². The van der Waals surface area contributed by atoms with Gasteiger partial charge in [-0.1, -0.05) is 32.6 Å². The Morgan fingerprint density at radius 3 is 2.41 bits per heavy atom. The smallest absolute Gasteiger partial charge is 0.332 e. The molecule has 1 amide bonds. The van der Waals surface area contributed by atoms with Crippen molar-refractivity contribution in [3.63, 3.8) is 0 Å². The first-order chi connectivity index (χ1) is 8.07. The van der Waals surface area contributed by atoms with Gasteiger partial charge in [0.2, 0.25) is 5.91 Å². The molecule has 5 heteroatoms. The number of hydrogen-bond donors (Lipinski definition) is 3. The summed E-state index contributed by atoms with van der Waals surface area (Å²) in [7, 11) is 0. The largest absolute Gasteiger partial charge is 0.479 e. The summed E-state index contributed by atoms with van der Waals surface area (Å²) in [6.45, 7) is 2.35. The number of aliphatic hydroxyl groups excluding tert-OH is 1. The van der Waals surface area contributed by atoms with Gasteiger partial charge in [-0.25, -0.2) is 4.79 Å². The summed E-state index contributed by atoms with van der Waals surface area (Å²) < 4.78 is 0. The fraction of sp³-hybridized carbons (Fsp3) is 0.833. The molecule has 0 spiro atoms. The SMILES string of the molecule is CCCCCCCC(=O)NCCC(O)C(=O)O. The number of carbonyl (C=O) groups is 2. The van der Waals surface area contributed by atoms with Gasteiger partial charge in [0.05, 0.1) is 0 Å². The fourth-order valence-electron chi connectivity index (χ4n) is 1.45. The molecule has 100 valence electrons. The van der Waals surface area contributed by atoms with E-state index in [0.29, 0.717) is 6.42 Å². The molecule has 0 radical (unpaired) electrons. The number of nitrogens with one attached hydrogen (secondary N) is 1. The van der Waals surface area contributed by atoms with Gasteiger partial charge in [-0.05, 0) is 6.42 Å². The van der Waals surface area contributed by atoms with Crippen LogP contribution in [0.4, 0.5) is 0 Å². The Morgan fingerprint density at radius 1 is 1.18 bits per heavy atom. The van der Waals surface area contributed by atoms with Crippen molar-refractivity contribution < 1.29 is 19.8 Å². The van der Waals surface area contributed by atoms with Gasteiger partial charge in [-0.2, -0.15) is 0 Å². The van der Waals surface area contributed by atoms with Crippen LogP contribution in [0.5, 0.6) is 0 Å². The van der Waals surface area contributed by atoms with Crippen molar-refractivity contribution in [2.24, 2.45) is 0 Å². The molecule has 0 fully saturated rings. The summed E-state index contributed by atoms with van der Waals surface area (Å²) in [5.74, 6) is -1.32. The maximum Gasteiger partial charge on any atom is 0.332 e. The Labute approximate surface area is 102 Å². The van der Waals surface area contributed by atoms with Gasteiger partial charge >= 0.3 is 5.97 Å². The van der Waals surface area contributed by atoms with Gasteiger partial charge < -0.3 is 15.5 Å². The van der Waals surface area contributed by atoms with Gasteiger partial charge in [-0.15, -0.1) is 0 Å². The minimum absolute atomic E-state index is 0.0525. The van der Waals surface area contributed by atoms with E-state index in [4.69, 9.17) is 10.2 Å². The van der Waals surface area contributed by atoms with Crippen LogP contribution in [-0.4, -0.2) is 34.7 Å². The predicted octanol–water partition coefficient (Wildman–Crippen LogP) is 1.30. The van der Waals surface area contributed by atoms with Crippen LogP contribution in [0.15, 0.2) is 0 Å². The van der Waals surface area contributed by atoms with E-state index in [1.54, 1.807) is 0 Å². The van der Waals surface area contributed by atoms with E-state index >= 15 is 0 Å². The van der Waals surface area contributed by atoms with E-state index in [1.165, 1.54) is 12.8 Å². The number of aliphatic hydroxyl groups is 1. The first kappa shape index (κ1) is 15.9. The standard InChI is InChI=1S/C12H23NO4/c1-2-3-4-5-6-7-11(15)13-9-8-10(14)12(16)17/h10,14H,2-9H2,1H3,(H,13,15)(H,16,17). The number of hydrogen-bond acceptors (Lipinski definition) is 3. The molecular weight excluding hydrogens is 222 g/mol. The molecule has 0 rings (SSSR count). The lowest BCUT2D eigenvalue weighted by Gasteiger charge is -2.07. The van der Waals surface area contributed by atoms with E-state index in [2.05, 4.69) is 12.2 Å². The molecule has 5 nitrogen and oxygen atoms in total. The monoisotopic (exact) mass is 245 g/mol. The molecule has 0 aromatic heterocycles. The van der Waals surface area contributed by atoms with Crippen molar-refractivity contribution in [2.45, 2.75) is 58.0 Å². The second kappa shape index (κ2) is 10.1. The molecule has 0 saturated heterocycles. The van der Waals surface area contributed by atoms with Gasteiger partial charge in [0.15, 0.2) is 6.10 Å². The molecule has 0 heterocycles. The van der Waals surface area contributed by atoms with Crippen molar-refractivity contribution in [1.29, 1.82) is 0 Å². The highest BCUT2D eigenvalue weighted by Crippen LogP contribution is 2.04. The van der Waals surface area contributed by atoms with Gasteiger partial charge in [0.1, 0.15) is 0 Å². The number of amides is 1. The normalized spacial score (nSPS) is 12.1. The van der Waals surface area contributed by atoms with Crippen molar-refractivity contribution >= 4 is 11.9 Å². The maximum atomic E-state index is 11.3. The van der Waals surface area contributed by atoms with E-state index in [9.17, 15) is 9.59 Å². The van der Waals surface area contributed by atoms with E-state index in [-0.39, 0.29) is 18.9 Å². The average molecular weight is 245 g/mol. The predicted molar refractivity (Wildman–Crippen MR) is 64.6 cm³/mol. The Hall–Kier alpha value is -1.10. The highest BCUT2D eigenvalue weighted by molar-refractivity contribution is 5.76.